The largest absolute Gasteiger partial charge is 0.334 e. The van der Waals surface area contributed by atoms with Gasteiger partial charge in [0.15, 0.2) is 5.69 Å². The van der Waals surface area contributed by atoms with Gasteiger partial charge in [0.25, 0.3) is 5.91 Å². The van der Waals surface area contributed by atoms with Crippen molar-refractivity contribution in [2.24, 2.45) is 0 Å². The van der Waals surface area contributed by atoms with Crippen molar-refractivity contribution in [3.05, 3.63) is 41.7 Å². The third-order valence-corrected chi connectivity index (χ3v) is 4.21. The molecule has 0 aliphatic heterocycles. The number of rotatable bonds is 3. The van der Waals surface area contributed by atoms with Crippen molar-refractivity contribution < 1.29 is 9.59 Å². The van der Waals surface area contributed by atoms with Crippen molar-refractivity contribution >= 4 is 11.9 Å². The number of hydrazine groups is 1. The Bertz CT molecular complexity index is 737. The Morgan fingerprint density at radius 2 is 1.76 bits per heavy atom. The smallest absolute Gasteiger partial charge is 0.333 e. The van der Waals surface area contributed by atoms with E-state index < -0.39 is 11.9 Å². The number of carbonyl (C=O) groups excluding carboxylic acids is 2. The quantitative estimate of drug-likeness (QED) is 0.741. The van der Waals surface area contributed by atoms with Crippen LogP contribution in [0.2, 0.25) is 0 Å². The molecule has 2 aromatic rings. The van der Waals surface area contributed by atoms with Crippen molar-refractivity contribution in [2.45, 2.75) is 45.1 Å². The molecule has 1 heterocycles. The van der Waals surface area contributed by atoms with Gasteiger partial charge in [-0.05, 0) is 31.9 Å². The average Bonchev–Trinajstić information content (AvgIpc) is 3.03. The van der Waals surface area contributed by atoms with Crippen molar-refractivity contribution in [1.29, 1.82) is 0 Å². The second kappa shape index (κ2) is 7.78. The maximum Gasteiger partial charge on any atom is 0.333 e. The summed E-state index contributed by atoms with van der Waals surface area (Å²) in [5.74, 6) is -0.501. The third-order valence-electron chi connectivity index (χ3n) is 4.21. The van der Waals surface area contributed by atoms with Crippen LogP contribution in [0.25, 0.3) is 5.69 Å². The molecule has 132 valence electrons. The van der Waals surface area contributed by atoms with Crippen LogP contribution in [0.4, 0.5) is 4.79 Å². The fourth-order valence-electron chi connectivity index (χ4n) is 2.91. The SMILES string of the molecule is Cc1nn(-c2ccccc2)nc1C(=O)NNC(=O)NC1CCCCC1. The van der Waals surface area contributed by atoms with Crippen LogP contribution in [0, 0.1) is 6.92 Å². The minimum atomic E-state index is -0.501. The molecule has 1 aliphatic carbocycles. The van der Waals surface area contributed by atoms with E-state index >= 15 is 0 Å². The number of carbonyl (C=O) groups is 2. The van der Waals surface area contributed by atoms with Gasteiger partial charge in [-0.25, -0.2) is 10.2 Å². The molecule has 25 heavy (non-hydrogen) atoms. The van der Waals surface area contributed by atoms with Crippen molar-refractivity contribution in [3.63, 3.8) is 0 Å². The van der Waals surface area contributed by atoms with Gasteiger partial charge in [0.2, 0.25) is 0 Å². The summed E-state index contributed by atoms with van der Waals surface area (Å²) in [5.41, 5.74) is 6.16. The van der Waals surface area contributed by atoms with E-state index in [0.29, 0.717) is 5.69 Å². The molecule has 8 nitrogen and oxygen atoms in total. The summed E-state index contributed by atoms with van der Waals surface area (Å²) in [6, 6.07) is 9.08. The van der Waals surface area contributed by atoms with E-state index in [2.05, 4.69) is 26.4 Å². The molecule has 0 spiro atoms. The summed E-state index contributed by atoms with van der Waals surface area (Å²) in [6.45, 7) is 1.70. The first-order valence-corrected chi connectivity index (χ1v) is 8.49. The Hall–Kier alpha value is -2.90. The number of para-hydroxylation sites is 1. The number of hydrogen-bond donors (Lipinski definition) is 3. The van der Waals surface area contributed by atoms with Gasteiger partial charge < -0.3 is 5.32 Å². The number of nitrogens with one attached hydrogen (secondary N) is 3. The average molecular weight is 342 g/mol. The number of nitrogens with zero attached hydrogens (tertiary/aromatic N) is 3. The molecule has 0 saturated heterocycles. The fraction of sp³-hybridized carbons (Fsp3) is 0.412. The maximum absolute atomic E-state index is 12.2. The molecule has 1 fully saturated rings. The fourth-order valence-corrected chi connectivity index (χ4v) is 2.91. The lowest BCUT2D eigenvalue weighted by Crippen LogP contribution is -2.50. The van der Waals surface area contributed by atoms with Crippen molar-refractivity contribution in [3.8, 4) is 5.69 Å². The van der Waals surface area contributed by atoms with Gasteiger partial charge in [0.05, 0.1) is 11.4 Å². The lowest BCUT2D eigenvalue weighted by molar-refractivity contribution is 0.0929. The molecule has 0 bridgehead atoms. The van der Waals surface area contributed by atoms with Crippen molar-refractivity contribution in [1.82, 2.24) is 31.2 Å². The Labute approximate surface area is 146 Å². The van der Waals surface area contributed by atoms with Crippen LogP contribution >= 0.6 is 0 Å². The molecular weight excluding hydrogens is 320 g/mol. The Kier molecular flexibility index (Phi) is 5.27. The molecule has 1 aromatic carbocycles. The lowest BCUT2D eigenvalue weighted by atomic mass is 9.96. The normalized spacial score (nSPS) is 14.8. The molecule has 1 aromatic heterocycles. The summed E-state index contributed by atoms with van der Waals surface area (Å²) in [5, 5.41) is 11.3. The molecular formula is C17H22N6O2. The minimum absolute atomic E-state index is 0.168. The molecule has 1 saturated carbocycles. The summed E-state index contributed by atoms with van der Waals surface area (Å²) in [4.78, 5) is 25.5. The van der Waals surface area contributed by atoms with Crippen LogP contribution in [0.15, 0.2) is 30.3 Å². The summed E-state index contributed by atoms with van der Waals surface area (Å²) in [7, 11) is 0. The molecule has 0 unspecified atom stereocenters. The highest BCUT2D eigenvalue weighted by molar-refractivity contribution is 5.94. The first kappa shape index (κ1) is 16.9. The van der Waals surface area contributed by atoms with Gasteiger partial charge in [-0.15, -0.1) is 5.10 Å². The predicted octanol–water partition coefficient (Wildman–Crippen LogP) is 1.85. The molecule has 1 aliphatic rings. The Morgan fingerprint density at radius 3 is 2.48 bits per heavy atom. The standard InChI is InChI=1S/C17H22N6O2/c1-12-15(22-23(21-12)14-10-6-3-7-11-14)16(24)19-20-17(25)18-13-8-4-2-5-9-13/h3,6-7,10-11,13H,2,4-5,8-9H2,1H3,(H,19,24)(H2,18,20,25). The molecule has 3 rings (SSSR count). The zero-order chi connectivity index (χ0) is 17.6. The second-order valence-electron chi connectivity index (χ2n) is 6.15. The highest BCUT2D eigenvalue weighted by atomic mass is 16.2. The third kappa shape index (κ3) is 4.34. The molecule has 0 atom stereocenters. The van der Waals surface area contributed by atoms with E-state index in [1.165, 1.54) is 11.2 Å². The van der Waals surface area contributed by atoms with Crippen LogP contribution < -0.4 is 16.2 Å². The monoisotopic (exact) mass is 342 g/mol. The molecule has 3 amide bonds. The second-order valence-corrected chi connectivity index (χ2v) is 6.15. The first-order valence-electron chi connectivity index (χ1n) is 8.49. The first-order chi connectivity index (χ1) is 12.1. The van der Waals surface area contributed by atoms with Gasteiger partial charge >= 0.3 is 6.03 Å². The minimum Gasteiger partial charge on any atom is -0.334 e. The van der Waals surface area contributed by atoms with Crippen molar-refractivity contribution in [2.75, 3.05) is 0 Å². The van der Waals surface area contributed by atoms with Gasteiger partial charge in [-0.3, -0.25) is 10.2 Å². The van der Waals surface area contributed by atoms with Crippen LogP contribution in [0.3, 0.4) is 0 Å². The Balaban J connectivity index is 1.56. The van der Waals surface area contributed by atoms with Crippen LogP contribution in [-0.4, -0.2) is 33.0 Å². The summed E-state index contributed by atoms with van der Waals surface area (Å²) >= 11 is 0. The number of aryl methyl sites for hydroxylation is 1. The number of amides is 3. The summed E-state index contributed by atoms with van der Waals surface area (Å²) in [6.07, 6.45) is 5.42. The van der Waals surface area contributed by atoms with Gasteiger partial charge in [0.1, 0.15) is 0 Å². The molecule has 0 radical (unpaired) electrons. The number of benzene rings is 1. The van der Waals surface area contributed by atoms with E-state index in [1.54, 1.807) is 6.92 Å². The highest BCUT2D eigenvalue weighted by Crippen LogP contribution is 2.17. The number of urea groups is 1. The van der Waals surface area contributed by atoms with Crippen LogP contribution in [0.5, 0.6) is 0 Å². The Morgan fingerprint density at radius 1 is 1.04 bits per heavy atom. The van der Waals surface area contributed by atoms with E-state index in [4.69, 9.17) is 0 Å². The van der Waals surface area contributed by atoms with E-state index in [-0.39, 0.29) is 11.7 Å². The van der Waals surface area contributed by atoms with Crippen LogP contribution in [0.1, 0.15) is 48.3 Å². The zero-order valence-electron chi connectivity index (χ0n) is 14.2. The van der Waals surface area contributed by atoms with E-state index in [1.807, 2.05) is 30.3 Å². The van der Waals surface area contributed by atoms with Gasteiger partial charge in [-0.1, -0.05) is 37.5 Å². The molecule has 8 heteroatoms. The summed E-state index contributed by atoms with van der Waals surface area (Å²) < 4.78 is 0. The lowest BCUT2D eigenvalue weighted by Gasteiger charge is -2.22. The van der Waals surface area contributed by atoms with E-state index in [9.17, 15) is 9.59 Å². The van der Waals surface area contributed by atoms with Gasteiger partial charge in [0, 0.05) is 6.04 Å². The predicted molar refractivity (Wildman–Crippen MR) is 92.1 cm³/mol. The number of hydrogen-bond acceptors (Lipinski definition) is 4. The maximum atomic E-state index is 12.2. The topological polar surface area (TPSA) is 101 Å². The van der Waals surface area contributed by atoms with E-state index in [0.717, 1.165) is 31.4 Å². The van der Waals surface area contributed by atoms with Crippen LogP contribution in [-0.2, 0) is 0 Å². The zero-order valence-corrected chi connectivity index (χ0v) is 14.2. The molecule has 3 N–H and O–H groups in total. The van der Waals surface area contributed by atoms with Gasteiger partial charge in [-0.2, -0.15) is 9.90 Å². The number of aromatic nitrogens is 3. The highest BCUT2D eigenvalue weighted by Gasteiger charge is 2.19.